The highest BCUT2D eigenvalue weighted by molar-refractivity contribution is 7.89. The number of rotatable bonds is 5. The summed E-state index contributed by atoms with van der Waals surface area (Å²) in [6.45, 7) is 0.173. The molecular formula is C18H15FN2O3S2. The molecule has 134 valence electrons. The summed E-state index contributed by atoms with van der Waals surface area (Å²) < 4.78 is 35.7. The lowest BCUT2D eigenvalue weighted by molar-refractivity contribution is 0.0955. The van der Waals surface area contributed by atoms with E-state index in [2.05, 4.69) is 5.32 Å². The van der Waals surface area contributed by atoms with Crippen LogP contribution in [0.3, 0.4) is 0 Å². The minimum absolute atomic E-state index is 0.000955. The highest BCUT2D eigenvalue weighted by Crippen LogP contribution is 2.28. The number of halogens is 1. The van der Waals surface area contributed by atoms with E-state index in [-0.39, 0.29) is 23.2 Å². The summed E-state index contributed by atoms with van der Waals surface area (Å²) in [5.41, 5.74) is 1.46. The van der Waals surface area contributed by atoms with Crippen LogP contribution in [-0.4, -0.2) is 14.3 Å². The van der Waals surface area contributed by atoms with Crippen molar-refractivity contribution in [3.05, 3.63) is 76.9 Å². The molecule has 1 aromatic heterocycles. The Morgan fingerprint density at radius 1 is 1.08 bits per heavy atom. The van der Waals surface area contributed by atoms with Crippen molar-refractivity contribution in [1.29, 1.82) is 0 Å². The maximum absolute atomic E-state index is 13.0. The number of nitrogens with two attached hydrogens (primary N) is 1. The number of hydrogen-bond acceptors (Lipinski definition) is 4. The van der Waals surface area contributed by atoms with Crippen LogP contribution in [0.5, 0.6) is 0 Å². The molecule has 0 spiro atoms. The van der Waals surface area contributed by atoms with Gasteiger partial charge in [-0.15, -0.1) is 11.3 Å². The summed E-state index contributed by atoms with van der Waals surface area (Å²) in [4.78, 5) is 13.7. The summed E-state index contributed by atoms with van der Waals surface area (Å²) in [6.07, 6.45) is 0. The van der Waals surface area contributed by atoms with Crippen LogP contribution in [-0.2, 0) is 16.6 Å². The highest BCUT2D eigenvalue weighted by atomic mass is 32.2. The maximum Gasteiger partial charge on any atom is 0.261 e. The van der Waals surface area contributed by atoms with Crippen molar-refractivity contribution in [2.45, 2.75) is 11.4 Å². The number of nitrogens with one attached hydrogen (secondary N) is 1. The lowest BCUT2D eigenvalue weighted by Crippen LogP contribution is -2.22. The molecule has 26 heavy (non-hydrogen) atoms. The fraction of sp³-hybridized carbons (Fsp3) is 0.0556. The van der Waals surface area contributed by atoms with E-state index in [4.69, 9.17) is 5.14 Å². The van der Waals surface area contributed by atoms with Gasteiger partial charge in [0.2, 0.25) is 10.0 Å². The second-order valence-electron chi connectivity index (χ2n) is 5.55. The largest absolute Gasteiger partial charge is 0.347 e. The molecule has 2 aromatic carbocycles. The number of primary sulfonamides is 1. The number of carbonyl (C=O) groups excluding carboxylic acids is 1. The number of thiophene rings is 1. The third-order valence-electron chi connectivity index (χ3n) is 3.64. The second-order valence-corrected chi connectivity index (χ2v) is 8.19. The molecule has 1 amide bonds. The third kappa shape index (κ3) is 4.34. The van der Waals surface area contributed by atoms with E-state index in [1.807, 2.05) is 0 Å². The Balaban J connectivity index is 1.69. The molecule has 0 saturated carbocycles. The second kappa shape index (κ2) is 7.36. The Kier molecular flexibility index (Phi) is 5.17. The summed E-state index contributed by atoms with van der Waals surface area (Å²) >= 11 is 1.29. The first-order valence-corrected chi connectivity index (χ1v) is 9.95. The highest BCUT2D eigenvalue weighted by Gasteiger charge is 2.12. The normalized spacial score (nSPS) is 11.3. The van der Waals surface area contributed by atoms with Crippen molar-refractivity contribution in [3.8, 4) is 10.4 Å². The van der Waals surface area contributed by atoms with Gasteiger partial charge in [0.25, 0.3) is 5.91 Å². The lowest BCUT2D eigenvalue weighted by atomic mass is 10.2. The Bertz CT molecular complexity index is 1040. The van der Waals surface area contributed by atoms with E-state index in [0.29, 0.717) is 10.4 Å². The lowest BCUT2D eigenvalue weighted by Gasteiger charge is -2.05. The number of amides is 1. The van der Waals surface area contributed by atoms with Gasteiger partial charge in [0.1, 0.15) is 5.82 Å². The molecule has 0 radical (unpaired) electrons. The topological polar surface area (TPSA) is 89.3 Å². The van der Waals surface area contributed by atoms with Crippen molar-refractivity contribution in [2.24, 2.45) is 5.14 Å². The zero-order valence-electron chi connectivity index (χ0n) is 13.5. The molecule has 0 unspecified atom stereocenters. The van der Waals surface area contributed by atoms with E-state index < -0.39 is 10.0 Å². The monoisotopic (exact) mass is 390 g/mol. The van der Waals surface area contributed by atoms with Crippen molar-refractivity contribution in [1.82, 2.24) is 5.32 Å². The van der Waals surface area contributed by atoms with Crippen LogP contribution in [0.15, 0.2) is 65.6 Å². The Morgan fingerprint density at radius 2 is 1.81 bits per heavy atom. The Hall–Kier alpha value is -2.55. The SMILES string of the molecule is NS(=O)(=O)c1cccc(CNC(=O)c2ccc(-c3ccc(F)cc3)s2)c1. The van der Waals surface area contributed by atoms with Gasteiger partial charge in [-0.05, 0) is 47.5 Å². The quantitative estimate of drug-likeness (QED) is 0.701. The van der Waals surface area contributed by atoms with Crippen LogP contribution < -0.4 is 10.5 Å². The molecule has 1 heterocycles. The van der Waals surface area contributed by atoms with Crippen LogP contribution in [0.2, 0.25) is 0 Å². The first-order valence-electron chi connectivity index (χ1n) is 7.59. The standard InChI is InChI=1S/C18H15FN2O3S2/c19-14-6-4-13(5-7-14)16-8-9-17(25-16)18(22)21-11-12-2-1-3-15(10-12)26(20,23)24/h1-10H,11H2,(H,21,22)(H2,20,23,24). The number of benzene rings is 2. The van der Waals surface area contributed by atoms with Crippen molar-refractivity contribution in [2.75, 3.05) is 0 Å². The molecule has 0 aliphatic rings. The third-order valence-corrected chi connectivity index (χ3v) is 5.68. The summed E-state index contributed by atoms with van der Waals surface area (Å²) in [5.74, 6) is -0.589. The molecule has 8 heteroatoms. The molecule has 0 saturated heterocycles. The van der Waals surface area contributed by atoms with E-state index in [0.717, 1.165) is 10.4 Å². The van der Waals surface area contributed by atoms with Gasteiger partial charge in [0.15, 0.2) is 0 Å². The van der Waals surface area contributed by atoms with Gasteiger partial charge in [0, 0.05) is 11.4 Å². The van der Waals surface area contributed by atoms with Gasteiger partial charge >= 0.3 is 0 Å². The minimum atomic E-state index is -3.78. The van der Waals surface area contributed by atoms with Crippen molar-refractivity contribution < 1.29 is 17.6 Å². The number of hydrogen-bond donors (Lipinski definition) is 2. The first-order chi connectivity index (χ1) is 12.3. The van der Waals surface area contributed by atoms with Crippen molar-refractivity contribution >= 4 is 27.3 Å². The van der Waals surface area contributed by atoms with Crippen LogP contribution in [0.1, 0.15) is 15.2 Å². The molecule has 0 fully saturated rings. The number of carbonyl (C=O) groups is 1. The zero-order chi connectivity index (χ0) is 18.7. The Labute approximate surface area is 154 Å². The van der Waals surface area contributed by atoms with Gasteiger partial charge in [-0.25, -0.2) is 17.9 Å². The average Bonchev–Trinajstić information content (AvgIpc) is 3.10. The zero-order valence-corrected chi connectivity index (χ0v) is 15.1. The molecule has 3 rings (SSSR count). The first kappa shape index (κ1) is 18.2. The number of sulfonamides is 1. The fourth-order valence-corrected chi connectivity index (χ4v) is 3.84. The molecule has 0 atom stereocenters. The van der Waals surface area contributed by atoms with Gasteiger partial charge in [-0.2, -0.15) is 0 Å². The van der Waals surface area contributed by atoms with E-state index >= 15 is 0 Å². The average molecular weight is 390 g/mol. The van der Waals surface area contributed by atoms with Gasteiger partial charge < -0.3 is 5.32 Å². The maximum atomic E-state index is 13.0. The van der Waals surface area contributed by atoms with Crippen LogP contribution in [0, 0.1) is 5.82 Å². The predicted molar refractivity (Wildman–Crippen MR) is 98.7 cm³/mol. The fourth-order valence-electron chi connectivity index (χ4n) is 2.33. The van der Waals surface area contributed by atoms with E-state index in [9.17, 15) is 17.6 Å². The summed E-state index contributed by atoms with van der Waals surface area (Å²) in [7, 11) is -3.78. The summed E-state index contributed by atoms with van der Waals surface area (Å²) in [5, 5.41) is 7.85. The molecule has 0 aliphatic carbocycles. The van der Waals surface area contributed by atoms with Crippen LogP contribution in [0.4, 0.5) is 4.39 Å². The molecule has 3 aromatic rings. The van der Waals surface area contributed by atoms with E-state index in [1.54, 1.807) is 36.4 Å². The van der Waals surface area contributed by atoms with E-state index in [1.165, 1.54) is 35.6 Å². The van der Waals surface area contributed by atoms with Gasteiger partial charge in [0.05, 0.1) is 9.77 Å². The van der Waals surface area contributed by atoms with Gasteiger partial charge in [-0.1, -0.05) is 24.3 Å². The van der Waals surface area contributed by atoms with Crippen LogP contribution >= 0.6 is 11.3 Å². The smallest absolute Gasteiger partial charge is 0.261 e. The van der Waals surface area contributed by atoms with Gasteiger partial charge in [-0.3, -0.25) is 4.79 Å². The summed E-state index contributed by atoms with van der Waals surface area (Å²) in [6, 6.07) is 15.6. The Morgan fingerprint density at radius 3 is 2.50 bits per heavy atom. The molecule has 0 bridgehead atoms. The molecule has 0 aliphatic heterocycles. The molecule has 3 N–H and O–H groups in total. The van der Waals surface area contributed by atoms with Crippen molar-refractivity contribution in [3.63, 3.8) is 0 Å². The predicted octanol–water partition coefficient (Wildman–Crippen LogP) is 3.13. The molecule has 5 nitrogen and oxygen atoms in total. The minimum Gasteiger partial charge on any atom is -0.347 e. The van der Waals surface area contributed by atoms with Crippen LogP contribution in [0.25, 0.3) is 10.4 Å². The molecular weight excluding hydrogens is 375 g/mol.